The van der Waals surface area contributed by atoms with Crippen molar-refractivity contribution in [3.63, 3.8) is 0 Å². The maximum Gasteiger partial charge on any atom is 0.157 e. The maximum absolute atomic E-state index is 5.62. The number of ether oxygens (including phenoxy) is 2. The predicted octanol–water partition coefficient (Wildman–Crippen LogP) is 5.07. The molecule has 0 aliphatic carbocycles. The van der Waals surface area contributed by atoms with Crippen LogP contribution >= 0.6 is 0 Å². The van der Waals surface area contributed by atoms with Crippen molar-refractivity contribution in [3.05, 3.63) is 0 Å². The van der Waals surface area contributed by atoms with E-state index in [1.165, 1.54) is 44.9 Å². The molecule has 1 aliphatic heterocycles. The molecular weight excluding hydrogens is 272 g/mol. The highest BCUT2D eigenvalue weighted by Crippen LogP contribution is 2.13. The number of unbranched alkanes of at least 4 members (excludes halogenated alkanes) is 6. The van der Waals surface area contributed by atoms with Crippen molar-refractivity contribution in [1.82, 2.24) is 0 Å². The van der Waals surface area contributed by atoms with Gasteiger partial charge in [0.25, 0.3) is 0 Å². The molecule has 1 heterocycles. The van der Waals surface area contributed by atoms with Gasteiger partial charge in [-0.15, -0.1) is 5.92 Å². The molecule has 1 aliphatic rings. The molecule has 2 nitrogen and oxygen atoms in total. The van der Waals surface area contributed by atoms with Crippen molar-refractivity contribution in [2.75, 3.05) is 13.2 Å². The van der Waals surface area contributed by atoms with Gasteiger partial charge in [-0.05, 0) is 25.7 Å². The summed E-state index contributed by atoms with van der Waals surface area (Å²) in [6.45, 7) is 3.76. The summed E-state index contributed by atoms with van der Waals surface area (Å²) in [5.41, 5.74) is 0. The lowest BCUT2D eigenvalue weighted by Crippen LogP contribution is -2.22. The summed E-state index contributed by atoms with van der Waals surface area (Å²) >= 11 is 0. The molecule has 124 valence electrons. The first kappa shape index (κ1) is 19.1. The summed E-state index contributed by atoms with van der Waals surface area (Å²) in [6, 6.07) is 0. The molecule has 1 saturated heterocycles. The second-order valence-corrected chi connectivity index (χ2v) is 5.82. The summed E-state index contributed by atoms with van der Waals surface area (Å²) in [5, 5.41) is 0. The van der Waals surface area contributed by atoms with Crippen LogP contribution in [0.3, 0.4) is 0 Å². The zero-order valence-electron chi connectivity index (χ0n) is 14.3. The average molecular weight is 304 g/mol. The van der Waals surface area contributed by atoms with Gasteiger partial charge in [0.05, 0.1) is 13.0 Å². The summed E-state index contributed by atoms with van der Waals surface area (Å²) < 4.78 is 11.1. The minimum atomic E-state index is 0.00710. The normalized spacial score (nSPS) is 17.2. The first-order valence-corrected chi connectivity index (χ1v) is 9.08. The van der Waals surface area contributed by atoms with Crippen LogP contribution in [0, 0.1) is 23.7 Å². The maximum atomic E-state index is 5.62. The van der Waals surface area contributed by atoms with Crippen LogP contribution in [0.2, 0.25) is 0 Å². The number of hydrogen-bond donors (Lipinski definition) is 0. The third-order valence-electron chi connectivity index (χ3n) is 3.75. The molecule has 0 aromatic heterocycles. The van der Waals surface area contributed by atoms with Gasteiger partial charge in [0.15, 0.2) is 6.29 Å². The predicted molar refractivity (Wildman–Crippen MR) is 92.3 cm³/mol. The molecule has 0 aromatic rings. The molecule has 1 rings (SSSR count). The third-order valence-corrected chi connectivity index (χ3v) is 3.75. The van der Waals surface area contributed by atoms with Gasteiger partial charge in [-0.1, -0.05) is 56.8 Å². The molecule has 0 amide bonds. The van der Waals surface area contributed by atoms with E-state index < -0.39 is 0 Å². The molecule has 0 unspecified atom stereocenters. The smallest absolute Gasteiger partial charge is 0.157 e. The lowest BCUT2D eigenvalue weighted by Gasteiger charge is -2.22. The highest BCUT2D eigenvalue weighted by Gasteiger charge is 2.12. The van der Waals surface area contributed by atoms with E-state index in [9.17, 15) is 0 Å². The Labute approximate surface area is 137 Å². The molecular formula is C20H32O2. The Bertz CT molecular complexity index is 361. The molecule has 0 N–H and O–H groups in total. The third kappa shape index (κ3) is 11.7. The van der Waals surface area contributed by atoms with Crippen LogP contribution < -0.4 is 0 Å². The molecule has 1 atom stereocenters. The molecule has 0 aromatic carbocycles. The monoisotopic (exact) mass is 304 g/mol. The van der Waals surface area contributed by atoms with E-state index in [2.05, 4.69) is 30.6 Å². The molecule has 2 heteroatoms. The van der Waals surface area contributed by atoms with Gasteiger partial charge in [0.2, 0.25) is 0 Å². The molecule has 0 spiro atoms. The fraction of sp³-hybridized carbons (Fsp3) is 0.800. The Morgan fingerprint density at radius 3 is 2.45 bits per heavy atom. The van der Waals surface area contributed by atoms with Gasteiger partial charge >= 0.3 is 0 Å². The van der Waals surface area contributed by atoms with Crippen molar-refractivity contribution in [2.24, 2.45) is 0 Å². The Kier molecular flexibility index (Phi) is 13.0. The van der Waals surface area contributed by atoms with Crippen molar-refractivity contribution in [3.8, 4) is 23.7 Å². The summed E-state index contributed by atoms with van der Waals surface area (Å²) in [6.07, 6.45) is 13.9. The molecule has 22 heavy (non-hydrogen) atoms. The Balaban J connectivity index is 1.86. The molecule has 0 bridgehead atoms. The van der Waals surface area contributed by atoms with Crippen molar-refractivity contribution < 1.29 is 9.47 Å². The van der Waals surface area contributed by atoms with Gasteiger partial charge in [-0.2, -0.15) is 0 Å². The van der Waals surface area contributed by atoms with Crippen LogP contribution in [0.15, 0.2) is 0 Å². The topological polar surface area (TPSA) is 18.5 Å². The van der Waals surface area contributed by atoms with Crippen LogP contribution in [0.4, 0.5) is 0 Å². The van der Waals surface area contributed by atoms with E-state index in [4.69, 9.17) is 9.47 Å². The molecule has 1 fully saturated rings. The van der Waals surface area contributed by atoms with Gasteiger partial charge in [0.1, 0.15) is 0 Å². The highest BCUT2D eigenvalue weighted by molar-refractivity contribution is 5.11. The second kappa shape index (κ2) is 15.0. The minimum Gasteiger partial charge on any atom is -0.353 e. The number of rotatable bonds is 9. The summed E-state index contributed by atoms with van der Waals surface area (Å²) in [7, 11) is 0. The zero-order valence-corrected chi connectivity index (χ0v) is 14.3. The summed E-state index contributed by atoms with van der Waals surface area (Å²) in [4.78, 5) is 0. The minimum absolute atomic E-state index is 0.00710. The van der Waals surface area contributed by atoms with Crippen molar-refractivity contribution in [2.45, 2.75) is 90.3 Å². The van der Waals surface area contributed by atoms with E-state index in [0.717, 1.165) is 32.3 Å². The van der Waals surface area contributed by atoms with Crippen LogP contribution in [0.25, 0.3) is 0 Å². The second-order valence-electron chi connectivity index (χ2n) is 5.82. The average Bonchev–Trinajstić information content (AvgIpc) is 2.56. The quantitative estimate of drug-likeness (QED) is 0.437. The first-order chi connectivity index (χ1) is 10.9. The van der Waals surface area contributed by atoms with Gasteiger partial charge in [-0.25, -0.2) is 0 Å². The van der Waals surface area contributed by atoms with Gasteiger partial charge in [0, 0.05) is 19.4 Å². The standard InChI is InChI=1S/C20H32O2/c1-2-3-4-5-6-7-8-9-10-11-12-13-15-18-21-20-17-14-16-19-22-20/h20H,2-8,11,14-19H2,1H3/t20-/m1/s1. The fourth-order valence-corrected chi connectivity index (χ4v) is 2.42. The Morgan fingerprint density at radius 1 is 0.909 bits per heavy atom. The lowest BCUT2D eigenvalue weighted by molar-refractivity contribution is -0.161. The van der Waals surface area contributed by atoms with E-state index in [0.29, 0.717) is 13.0 Å². The Hall–Kier alpha value is -0.960. The van der Waals surface area contributed by atoms with Crippen LogP contribution in [0.5, 0.6) is 0 Å². The Morgan fingerprint density at radius 2 is 1.68 bits per heavy atom. The first-order valence-electron chi connectivity index (χ1n) is 9.08. The van der Waals surface area contributed by atoms with Crippen molar-refractivity contribution in [1.29, 1.82) is 0 Å². The van der Waals surface area contributed by atoms with Crippen LogP contribution in [-0.2, 0) is 9.47 Å². The summed E-state index contributed by atoms with van der Waals surface area (Å²) in [5.74, 6) is 12.6. The van der Waals surface area contributed by atoms with Crippen LogP contribution in [0.1, 0.15) is 84.0 Å². The van der Waals surface area contributed by atoms with Crippen molar-refractivity contribution >= 4 is 0 Å². The van der Waals surface area contributed by atoms with Gasteiger partial charge < -0.3 is 9.47 Å². The SMILES string of the molecule is CCCCCCCCC#CCC#CCCO[C@H]1CCCCO1. The fourth-order valence-electron chi connectivity index (χ4n) is 2.42. The van der Waals surface area contributed by atoms with Gasteiger partial charge in [-0.3, -0.25) is 0 Å². The van der Waals surface area contributed by atoms with E-state index in [1.54, 1.807) is 0 Å². The van der Waals surface area contributed by atoms with Crippen LogP contribution in [-0.4, -0.2) is 19.5 Å². The van der Waals surface area contributed by atoms with E-state index >= 15 is 0 Å². The number of hydrogen-bond acceptors (Lipinski definition) is 2. The molecule has 0 saturated carbocycles. The lowest BCUT2D eigenvalue weighted by atomic mass is 10.1. The van der Waals surface area contributed by atoms with E-state index in [1.807, 2.05) is 0 Å². The van der Waals surface area contributed by atoms with E-state index in [-0.39, 0.29) is 6.29 Å². The largest absolute Gasteiger partial charge is 0.353 e. The highest BCUT2D eigenvalue weighted by atomic mass is 16.7. The molecule has 0 radical (unpaired) electrons. The zero-order chi connectivity index (χ0) is 15.7.